The summed E-state index contributed by atoms with van der Waals surface area (Å²) in [5.74, 6) is 0.00899. The molecule has 3 atom stereocenters. The van der Waals surface area contributed by atoms with Crippen molar-refractivity contribution in [2.24, 2.45) is 11.8 Å². The summed E-state index contributed by atoms with van der Waals surface area (Å²) in [6, 6.07) is 14.7. The molecule has 0 heterocycles. The van der Waals surface area contributed by atoms with Gasteiger partial charge >= 0.3 is 0 Å². The van der Waals surface area contributed by atoms with E-state index in [1.54, 1.807) is 0 Å². The van der Waals surface area contributed by atoms with Crippen molar-refractivity contribution >= 4 is 0 Å². The normalized spacial score (nSPS) is 29.0. The quantitative estimate of drug-likeness (QED) is 0.714. The minimum Gasteiger partial charge on any atom is -0.198 e. The van der Waals surface area contributed by atoms with Crippen molar-refractivity contribution in [3.8, 4) is 12.1 Å². The second-order valence-corrected chi connectivity index (χ2v) is 4.34. The Morgan fingerprint density at radius 3 is 2.38 bits per heavy atom. The topological polar surface area (TPSA) is 47.6 Å². The Morgan fingerprint density at radius 1 is 1.00 bits per heavy atom. The molecule has 1 fully saturated rings. The van der Waals surface area contributed by atoms with Crippen LogP contribution in [0.4, 0.5) is 0 Å². The number of hydrogen-bond donors (Lipinski definition) is 0. The molecule has 2 nitrogen and oxygen atoms in total. The fourth-order valence-electron chi connectivity index (χ4n) is 2.60. The number of hydrogen-bond acceptors (Lipinski definition) is 2. The molecule has 0 saturated heterocycles. The van der Waals surface area contributed by atoms with Gasteiger partial charge in [-0.1, -0.05) is 36.8 Å². The molecule has 2 rings (SSSR count). The summed E-state index contributed by atoms with van der Waals surface area (Å²) < 4.78 is 0. The first-order valence-electron chi connectivity index (χ1n) is 5.71. The minimum atomic E-state index is -0.138. The van der Waals surface area contributed by atoms with E-state index in [0.717, 1.165) is 19.3 Å². The van der Waals surface area contributed by atoms with Crippen LogP contribution < -0.4 is 0 Å². The van der Waals surface area contributed by atoms with Crippen LogP contribution in [0.1, 0.15) is 30.7 Å². The van der Waals surface area contributed by atoms with Gasteiger partial charge in [-0.05, 0) is 18.4 Å². The Hall–Kier alpha value is -1.80. The van der Waals surface area contributed by atoms with Crippen molar-refractivity contribution in [1.82, 2.24) is 0 Å². The highest BCUT2D eigenvalue weighted by atomic mass is 14.4. The Labute approximate surface area is 96.1 Å². The van der Waals surface area contributed by atoms with Gasteiger partial charge in [0.05, 0.1) is 24.0 Å². The van der Waals surface area contributed by atoms with Gasteiger partial charge < -0.3 is 0 Å². The first kappa shape index (κ1) is 10.7. The van der Waals surface area contributed by atoms with Gasteiger partial charge in [0.15, 0.2) is 0 Å². The van der Waals surface area contributed by atoms with E-state index in [0.29, 0.717) is 0 Å². The fourth-order valence-corrected chi connectivity index (χ4v) is 2.60. The molecule has 3 unspecified atom stereocenters. The van der Waals surface area contributed by atoms with Gasteiger partial charge in [-0.25, -0.2) is 0 Å². The van der Waals surface area contributed by atoms with E-state index in [-0.39, 0.29) is 17.8 Å². The Kier molecular flexibility index (Phi) is 3.22. The third-order valence-electron chi connectivity index (χ3n) is 3.44. The first-order valence-corrected chi connectivity index (χ1v) is 5.71. The lowest BCUT2D eigenvalue weighted by Gasteiger charge is -2.30. The van der Waals surface area contributed by atoms with Gasteiger partial charge in [-0.2, -0.15) is 10.5 Å². The highest BCUT2D eigenvalue weighted by Gasteiger charge is 2.34. The zero-order valence-electron chi connectivity index (χ0n) is 9.13. The van der Waals surface area contributed by atoms with Gasteiger partial charge in [0.25, 0.3) is 0 Å². The molecule has 1 aromatic carbocycles. The van der Waals surface area contributed by atoms with Crippen molar-refractivity contribution in [3.05, 3.63) is 35.9 Å². The molecule has 0 spiro atoms. The Morgan fingerprint density at radius 2 is 1.75 bits per heavy atom. The summed E-state index contributed by atoms with van der Waals surface area (Å²) >= 11 is 0. The smallest absolute Gasteiger partial charge is 0.0690 e. The van der Waals surface area contributed by atoms with Crippen LogP contribution in [0.3, 0.4) is 0 Å². The van der Waals surface area contributed by atoms with E-state index in [9.17, 15) is 5.26 Å². The molecule has 2 heteroatoms. The average Bonchev–Trinajstić information content (AvgIpc) is 2.38. The highest BCUT2D eigenvalue weighted by Crippen LogP contribution is 2.40. The lowest BCUT2D eigenvalue weighted by Crippen LogP contribution is -2.24. The molecular formula is C14H14N2. The van der Waals surface area contributed by atoms with Crippen molar-refractivity contribution in [1.29, 1.82) is 10.5 Å². The van der Waals surface area contributed by atoms with Crippen molar-refractivity contribution < 1.29 is 0 Å². The van der Waals surface area contributed by atoms with E-state index in [2.05, 4.69) is 24.3 Å². The van der Waals surface area contributed by atoms with Crippen LogP contribution in [0.2, 0.25) is 0 Å². The maximum Gasteiger partial charge on any atom is 0.0690 e. The van der Waals surface area contributed by atoms with Crippen LogP contribution in [0, 0.1) is 34.5 Å². The second-order valence-electron chi connectivity index (χ2n) is 4.34. The lowest BCUT2D eigenvalue weighted by molar-refractivity contribution is 0.306. The lowest BCUT2D eigenvalue weighted by atomic mass is 9.70. The second kappa shape index (κ2) is 4.81. The minimum absolute atomic E-state index is 0.0936. The predicted molar refractivity (Wildman–Crippen MR) is 61.2 cm³/mol. The maximum absolute atomic E-state index is 9.22. The molecule has 0 aromatic heterocycles. The van der Waals surface area contributed by atoms with Crippen molar-refractivity contribution in [2.75, 3.05) is 0 Å². The molecule has 0 amide bonds. The third-order valence-corrected chi connectivity index (χ3v) is 3.44. The van der Waals surface area contributed by atoms with Crippen LogP contribution in [0.25, 0.3) is 0 Å². The van der Waals surface area contributed by atoms with Gasteiger partial charge in [-0.15, -0.1) is 0 Å². The molecule has 0 aliphatic heterocycles. The van der Waals surface area contributed by atoms with E-state index in [1.165, 1.54) is 5.56 Å². The number of nitrogens with zero attached hydrogens (tertiary/aromatic N) is 2. The largest absolute Gasteiger partial charge is 0.198 e. The first-order chi connectivity index (χ1) is 7.86. The highest BCUT2D eigenvalue weighted by molar-refractivity contribution is 5.24. The third kappa shape index (κ3) is 1.92. The summed E-state index contributed by atoms with van der Waals surface area (Å²) in [6.07, 6.45) is 2.95. The van der Waals surface area contributed by atoms with Gasteiger partial charge in [0.1, 0.15) is 0 Å². The molecule has 0 bridgehead atoms. The van der Waals surface area contributed by atoms with Crippen LogP contribution in [0.15, 0.2) is 30.3 Å². The van der Waals surface area contributed by atoms with Crippen LogP contribution >= 0.6 is 0 Å². The zero-order valence-corrected chi connectivity index (χ0v) is 9.13. The predicted octanol–water partition coefficient (Wildman–Crippen LogP) is 3.23. The summed E-state index contributed by atoms with van der Waals surface area (Å²) in [5.41, 5.74) is 1.20. The Bertz CT molecular complexity index is 424. The van der Waals surface area contributed by atoms with Gasteiger partial charge in [0.2, 0.25) is 0 Å². The fraction of sp³-hybridized carbons (Fsp3) is 0.429. The van der Waals surface area contributed by atoms with Crippen molar-refractivity contribution in [2.45, 2.75) is 25.2 Å². The van der Waals surface area contributed by atoms with E-state index < -0.39 is 0 Å². The van der Waals surface area contributed by atoms with Crippen LogP contribution in [0.5, 0.6) is 0 Å². The summed E-state index contributed by atoms with van der Waals surface area (Å²) in [6.45, 7) is 0. The number of nitriles is 2. The van der Waals surface area contributed by atoms with E-state index in [4.69, 9.17) is 5.26 Å². The van der Waals surface area contributed by atoms with Crippen LogP contribution in [-0.4, -0.2) is 0 Å². The number of benzene rings is 1. The summed E-state index contributed by atoms with van der Waals surface area (Å²) in [4.78, 5) is 0. The molecule has 80 valence electrons. The zero-order chi connectivity index (χ0) is 11.4. The Balaban J connectivity index is 2.27. The maximum atomic E-state index is 9.22. The van der Waals surface area contributed by atoms with E-state index in [1.807, 2.05) is 18.2 Å². The molecule has 1 aliphatic carbocycles. The molecule has 1 aliphatic rings. The molecular weight excluding hydrogens is 196 g/mol. The van der Waals surface area contributed by atoms with Gasteiger partial charge in [-0.3, -0.25) is 0 Å². The monoisotopic (exact) mass is 210 g/mol. The van der Waals surface area contributed by atoms with Gasteiger partial charge in [0, 0.05) is 5.92 Å². The summed E-state index contributed by atoms with van der Waals surface area (Å²) in [5, 5.41) is 18.3. The standard InChI is InChI=1S/C14H14N2/c15-9-12-7-4-8-13(14(12)10-16)11-5-2-1-3-6-11/h1-3,5-6,12-14H,4,7-8H2. The molecule has 1 saturated carbocycles. The molecule has 0 N–H and O–H groups in total. The number of rotatable bonds is 1. The molecule has 16 heavy (non-hydrogen) atoms. The summed E-state index contributed by atoms with van der Waals surface area (Å²) in [7, 11) is 0. The van der Waals surface area contributed by atoms with Crippen molar-refractivity contribution in [3.63, 3.8) is 0 Å². The van der Waals surface area contributed by atoms with Crippen LogP contribution in [-0.2, 0) is 0 Å². The molecule has 0 radical (unpaired) electrons. The molecule has 1 aromatic rings. The SMILES string of the molecule is N#CC1CCCC(c2ccccc2)C1C#N. The van der Waals surface area contributed by atoms with E-state index >= 15 is 0 Å². The average molecular weight is 210 g/mol.